The molecule has 0 spiro atoms. The first-order chi connectivity index (χ1) is 8.16. The van der Waals surface area contributed by atoms with Crippen LogP contribution in [0, 0.1) is 0 Å². The van der Waals surface area contributed by atoms with Gasteiger partial charge in [0, 0.05) is 26.4 Å². The fourth-order valence-electron chi connectivity index (χ4n) is 1.54. The Balaban J connectivity index is 2.49. The standard InChI is InChI=1S/C12H19N3O2/c1-15(8-3-2-4-9-16)12(17)10-6-5-7-14-11(10)13/h5-7,16H,2-4,8-9H2,1H3,(H2,13,14). The molecule has 0 atom stereocenters. The van der Waals surface area contributed by atoms with E-state index in [2.05, 4.69) is 4.98 Å². The van der Waals surface area contributed by atoms with Gasteiger partial charge >= 0.3 is 0 Å². The van der Waals surface area contributed by atoms with Crippen LogP contribution >= 0.6 is 0 Å². The van der Waals surface area contributed by atoms with Gasteiger partial charge in [-0.1, -0.05) is 0 Å². The molecule has 0 aliphatic heterocycles. The Morgan fingerprint density at radius 2 is 2.24 bits per heavy atom. The van der Waals surface area contributed by atoms with Crippen molar-refractivity contribution in [1.29, 1.82) is 0 Å². The number of anilines is 1. The van der Waals surface area contributed by atoms with E-state index < -0.39 is 0 Å². The molecule has 1 amide bonds. The zero-order valence-corrected chi connectivity index (χ0v) is 10.1. The summed E-state index contributed by atoms with van der Waals surface area (Å²) in [6.07, 6.45) is 4.13. The lowest BCUT2D eigenvalue weighted by atomic mass is 10.2. The van der Waals surface area contributed by atoms with E-state index in [9.17, 15) is 4.79 Å². The molecule has 0 saturated heterocycles. The number of carbonyl (C=O) groups excluding carboxylic acids is 1. The van der Waals surface area contributed by atoms with Crippen molar-refractivity contribution in [2.45, 2.75) is 19.3 Å². The molecule has 0 saturated carbocycles. The predicted octanol–water partition coefficient (Wildman–Crippen LogP) is 0.898. The van der Waals surface area contributed by atoms with Crippen molar-refractivity contribution in [3.05, 3.63) is 23.9 Å². The Kier molecular flexibility index (Phi) is 5.42. The number of carbonyl (C=O) groups is 1. The molecule has 0 aliphatic carbocycles. The van der Waals surface area contributed by atoms with Crippen LogP contribution in [0.25, 0.3) is 0 Å². The molecule has 1 rings (SSSR count). The molecule has 0 radical (unpaired) electrons. The minimum Gasteiger partial charge on any atom is -0.396 e. The van der Waals surface area contributed by atoms with Gasteiger partial charge in [-0.3, -0.25) is 4.79 Å². The summed E-state index contributed by atoms with van der Waals surface area (Å²) in [6, 6.07) is 3.37. The molecular weight excluding hydrogens is 218 g/mol. The third-order valence-corrected chi connectivity index (χ3v) is 2.57. The lowest BCUT2D eigenvalue weighted by Gasteiger charge is -2.17. The Morgan fingerprint density at radius 1 is 1.47 bits per heavy atom. The van der Waals surface area contributed by atoms with Gasteiger partial charge in [-0.2, -0.15) is 0 Å². The Hall–Kier alpha value is -1.62. The van der Waals surface area contributed by atoms with Gasteiger partial charge < -0.3 is 15.7 Å². The van der Waals surface area contributed by atoms with E-state index >= 15 is 0 Å². The topological polar surface area (TPSA) is 79.5 Å². The fourth-order valence-corrected chi connectivity index (χ4v) is 1.54. The first-order valence-electron chi connectivity index (χ1n) is 5.73. The summed E-state index contributed by atoms with van der Waals surface area (Å²) in [5, 5.41) is 8.65. The van der Waals surface area contributed by atoms with Gasteiger partial charge in [0.2, 0.25) is 0 Å². The normalized spacial score (nSPS) is 10.2. The fraction of sp³-hybridized carbons (Fsp3) is 0.500. The predicted molar refractivity (Wildman–Crippen MR) is 66.5 cm³/mol. The van der Waals surface area contributed by atoms with Gasteiger partial charge in [-0.25, -0.2) is 4.98 Å². The molecule has 17 heavy (non-hydrogen) atoms. The Bertz CT molecular complexity index is 369. The van der Waals surface area contributed by atoms with Crippen LogP contribution in [0.2, 0.25) is 0 Å². The van der Waals surface area contributed by atoms with Crippen LogP contribution in [0.4, 0.5) is 5.82 Å². The van der Waals surface area contributed by atoms with E-state index in [1.54, 1.807) is 30.3 Å². The number of aliphatic hydroxyl groups is 1. The SMILES string of the molecule is CN(CCCCCO)C(=O)c1cccnc1N. The van der Waals surface area contributed by atoms with E-state index in [-0.39, 0.29) is 18.3 Å². The highest BCUT2D eigenvalue weighted by molar-refractivity contribution is 5.98. The summed E-state index contributed by atoms with van der Waals surface area (Å²) in [7, 11) is 1.74. The minimum absolute atomic E-state index is 0.111. The molecular formula is C12H19N3O2. The molecule has 1 aromatic heterocycles. The lowest BCUT2D eigenvalue weighted by Crippen LogP contribution is -2.28. The maximum absolute atomic E-state index is 12.0. The smallest absolute Gasteiger partial charge is 0.257 e. The van der Waals surface area contributed by atoms with Gasteiger partial charge in [-0.05, 0) is 31.4 Å². The van der Waals surface area contributed by atoms with Gasteiger partial charge in [0.25, 0.3) is 5.91 Å². The van der Waals surface area contributed by atoms with Gasteiger partial charge in [-0.15, -0.1) is 0 Å². The van der Waals surface area contributed by atoms with Crippen molar-refractivity contribution < 1.29 is 9.90 Å². The van der Waals surface area contributed by atoms with Crippen LogP contribution < -0.4 is 5.73 Å². The van der Waals surface area contributed by atoms with E-state index in [0.717, 1.165) is 19.3 Å². The van der Waals surface area contributed by atoms with E-state index in [1.807, 2.05) is 0 Å². The van der Waals surface area contributed by atoms with Crippen molar-refractivity contribution in [1.82, 2.24) is 9.88 Å². The number of hydrogen-bond acceptors (Lipinski definition) is 4. The lowest BCUT2D eigenvalue weighted by molar-refractivity contribution is 0.0793. The average Bonchev–Trinajstić information content (AvgIpc) is 2.34. The molecule has 94 valence electrons. The summed E-state index contributed by atoms with van der Waals surface area (Å²) >= 11 is 0. The van der Waals surface area contributed by atoms with Gasteiger partial charge in [0.05, 0.1) is 5.56 Å². The van der Waals surface area contributed by atoms with Crippen molar-refractivity contribution in [2.24, 2.45) is 0 Å². The van der Waals surface area contributed by atoms with Crippen LogP contribution in [0.1, 0.15) is 29.6 Å². The number of nitrogens with zero attached hydrogens (tertiary/aromatic N) is 2. The Labute approximate surface area is 101 Å². The van der Waals surface area contributed by atoms with E-state index in [1.165, 1.54) is 0 Å². The highest BCUT2D eigenvalue weighted by atomic mass is 16.2. The average molecular weight is 237 g/mol. The van der Waals surface area contributed by atoms with Crippen LogP contribution in [-0.4, -0.2) is 41.1 Å². The second-order valence-corrected chi connectivity index (χ2v) is 3.95. The number of aliphatic hydroxyl groups excluding tert-OH is 1. The molecule has 1 aromatic rings. The summed E-state index contributed by atoms with van der Waals surface area (Å²) in [5.41, 5.74) is 6.09. The van der Waals surface area contributed by atoms with Gasteiger partial charge in [0.15, 0.2) is 0 Å². The molecule has 0 unspecified atom stereocenters. The van der Waals surface area contributed by atoms with Crippen molar-refractivity contribution in [3.8, 4) is 0 Å². The summed E-state index contributed by atoms with van der Waals surface area (Å²) < 4.78 is 0. The minimum atomic E-state index is -0.111. The molecule has 0 fully saturated rings. The van der Waals surface area contributed by atoms with E-state index in [0.29, 0.717) is 12.1 Å². The maximum atomic E-state index is 12.0. The van der Waals surface area contributed by atoms with Crippen LogP contribution in [-0.2, 0) is 0 Å². The Morgan fingerprint density at radius 3 is 2.88 bits per heavy atom. The number of rotatable bonds is 6. The quantitative estimate of drug-likeness (QED) is 0.720. The number of pyridine rings is 1. The molecule has 1 heterocycles. The summed E-state index contributed by atoms with van der Waals surface area (Å²) in [4.78, 5) is 17.5. The van der Waals surface area contributed by atoms with Gasteiger partial charge in [0.1, 0.15) is 5.82 Å². The zero-order chi connectivity index (χ0) is 12.7. The van der Waals surface area contributed by atoms with E-state index in [4.69, 9.17) is 10.8 Å². The molecule has 3 N–H and O–H groups in total. The number of nitrogens with two attached hydrogens (primary N) is 1. The molecule has 5 nitrogen and oxygen atoms in total. The maximum Gasteiger partial charge on any atom is 0.257 e. The number of unbranched alkanes of at least 4 members (excludes halogenated alkanes) is 2. The second-order valence-electron chi connectivity index (χ2n) is 3.95. The highest BCUT2D eigenvalue weighted by Crippen LogP contribution is 2.10. The third kappa shape index (κ3) is 4.03. The molecule has 0 aromatic carbocycles. The monoisotopic (exact) mass is 237 g/mol. The largest absolute Gasteiger partial charge is 0.396 e. The molecule has 5 heteroatoms. The van der Waals surface area contributed by atoms with Crippen molar-refractivity contribution in [2.75, 3.05) is 25.9 Å². The van der Waals surface area contributed by atoms with Crippen molar-refractivity contribution in [3.63, 3.8) is 0 Å². The number of hydrogen-bond donors (Lipinski definition) is 2. The molecule has 0 bridgehead atoms. The van der Waals surface area contributed by atoms with Crippen LogP contribution in [0.15, 0.2) is 18.3 Å². The number of nitrogen functional groups attached to an aromatic ring is 1. The highest BCUT2D eigenvalue weighted by Gasteiger charge is 2.14. The van der Waals surface area contributed by atoms with Crippen molar-refractivity contribution >= 4 is 11.7 Å². The number of aromatic nitrogens is 1. The number of amides is 1. The molecule has 0 aliphatic rings. The summed E-state index contributed by atoms with van der Waals surface area (Å²) in [6.45, 7) is 0.861. The van der Waals surface area contributed by atoms with Crippen LogP contribution in [0.3, 0.4) is 0 Å². The summed E-state index contributed by atoms with van der Waals surface area (Å²) in [5.74, 6) is 0.152. The first kappa shape index (κ1) is 13.4. The second kappa shape index (κ2) is 6.85. The first-order valence-corrected chi connectivity index (χ1v) is 5.73. The third-order valence-electron chi connectivity index (χ3n) is 2.57. The van der Waals surface area contributed by atoms with Crippen LogP contribution in [0.5, 0.6) is 0 Å². The zero-order valence-electron chi connectivity index (χ0n) is 10.1.